The van der Waals surface area contributed by atoms with E-state index in [1.54, 1.807) is 29.2 Å². The number of ether oxygens (including phenoxy) is 2. The Labute approximate surface area is 172 Å². The van der Waals surface area contributed by atoms with Crippen molar-refractivity contribution in [2.45, 2.75) is 45.4 Å². The first-order valence-electron chi connectivity index (χ1n) is 9.63. The average molecular weight is 427 g/mol. The van der Waals surface area contributed by atoms with Gasteiger partial charge in [-0.05, 0) is 57.9 Å². The number of likely N-dealkylation sites (tertiary alicyclic amines) is 1. The average Bonchev–Trinajstić information content (AvgIpc) is 3.16. The van der Waals surface area contributed by atoms with Crippen molar-refractivity contribution < 1.29 is 32.0 Å². The van der Waals surface area contributed by atoms with E-state index >= 15 is 0 Å². The molecule has 164 valence electrons. The molecule has 0 N–H and O–H groups in total. The van der Waals surface area contributed by atoms with E-state index < -0.39 is 17.7 Å². The van der Waals surface area contributed by atoms with E-state index in [1.165, 1.54) is 0 Å². The molecule has 0 bridgehead atoms. The lowest BCUT2D eigenvalue weighted by Gasteiger charge is -2.34. The lowest BCUT2D eigenvalue weighted by atomic mass is 9.99. The van der Waals surface area contributed by atoms with Crippen molar-refractivity contribution >= 4 is 6.09 Å². The SMILES string of the molecule is CC(C)(C)OC(=O)N1CCC[C@@H](COc2ccc(-c3noc(C(F)(F)F)n3)cc2)C1. The van der Waals surface area contributed by atoms with Gasteiger partial charge < -0.3 is 18.9 Å². The van der Waals surface area contributed by atoms with Gasteiger partial charge in [-0.3, -0.25) is 0 Å². The summed E-state index contributed by atoms with van der Waals surface area (Å²) in [6.07, 6.45) is -3.21. The van der Waals surface area contributed by atoms with Gasteiger partial charge in [-0.15, -0.1) is 0 Å². The predicted molar refractivity (Wildman–Crippen MR) is 101 cm³/mol. The quantitative estimate of drug-likeness (QED) is 0.699. The molecule has 1 aromatic carbocycles. The van der Waals surface area contributed by atoms with Gasteiger partial charge in [0.05, 0.1) is 6.61 Å². The molecule has 2 heterocycles. The second-order valence-electron chi connectivity index (χ2n) is 8.19. The Kier molecular flexibility index (Phi) is 6.23. The van der Waals surface area contributed by atoms with Crippen molar-refractivity contribution in [3.63, 3.8) is 0 Å². The minimum absolute atomic E-state index is 0.144. The summed E-state index contributed by atoms with van der Waals surface area (Å²) in [6.45, 7) is 7.12. The van der Waals surface area contributed by atoms with E-state index in [-0.39, 0.29) is 17.8 Å². The first-order chi connectivity index (χ1) is 14.0. The molecule has 1 amide bonds. The molecule has 0 radical (unpaired) electrons. The van der Waals surface area contributed by atoms with Crippen molar-refractivity contribution in [2.24, 2.45) is 5.92 Å². The zero-order chi connectivity index (χ0) is 21.9. The Morgan fingerprint density at radius 3 is 2.53 bits per heavy atom. The fourth-order valence-corrected chi connectivity index (χ4v) is 3.06. The maximum Gasteiger partial charge on any atom is 0.471 e. The molecule has 1 saturated heterocycles. The molecule has 1 aromatic heterocycles. The van der Waals surface area contributed by atoms with Crippen LogP contribution >= 0.6 is 0 Å². The summed E-state index contributed by atoms with van der Waals surface area (Å²) in [5.74, 6) is -0.802. The first-order valence-corrected chi connectivity index (χ1v) is 9.63. The molecule has 3 rings (SSSR count). The number of hydrogen-bond donors (Lipinski definition) is 0. The summed E-state index contributed by atoms with van der Waals surface area (Å²) < 4.78 is 53.2. The second-order valence-corrected chi connectivity index (χ2v) is 8.19. The Balaban J connectivity index is 1.53. The lowest BCUT2D eigenvalue weighted by Crippen LogP contribution is -2.44. The molecule has 2 aromatic rings. The molecule has 0 spiro atoms. The molecule has 1 fully saturated rings. The standard InChI is InChI=1S/C20H24F3N3O4/c1-19(2,3)29-18(27)26-10-4-5-13(11-26)12-28-15-8-6-14(7-9-15)16-24-17(30-25-16)20(21,22)23/h6-9,13H,4-5,10-12H2,1-3H3/t13-/m1/s1. The normalized spacial score (nSPS) is 17.7. The molecule has 7 nitrogen and oxygen atoms in total. The van der Waals surface area contributed by atoms with Crippen LogP contribution in [0.5, 0.6) is 5.75 Å². The molecular weight excluding hydrogens is 403 g/mol. The summed E-state index contributed by atoms with van der Waals surface area (Å²) in [6, 6.07) is 6.39. The summed E-state index contributed by atoms with van der Waals surface area (Å²) >= 11 is 0. The molecule has 0 saturated carbocycles. The van der Waals surface area contributed by atoms with Crippen LogP contribution in [0.4, 0.5) is 18.0 Å². The third kappa shape index (κ3) is 5.87. The predicted octanol–water partition coefficient (Wildman–Crippen LogP) is 4.78. The highest BCUT2D eigenvalue weighted by atomic mass is 19.4. The summed E-state index contributed by atoms with van der Waals surface area (Å²) in [5, 5.41) is 3.36. The molecule has 30 heavy (non-hydrogen) atoms. The minimum Gasteiger partial charge on any atom is -0.493 e. The number of hydrogen-bond acceptors (Lipinski definition) is 6. The van der Waals surface area contributed by atoms with E-state index in [2.05, 4.69) is 14.7 Å². The number of piperidine rings is 1. The number of carbonyl (C=O) groups is 1. The lowest BCUT2D eigenvalue weighted by molar-refractivity contribution is -0.159. The number of alkyl halides is 3. The van der Waals surface area contributed by atoms with Crippen LogP contribution in [0.3, 0.4) is 0 Å². The number of amides is 1. The Morgan fingerprint density at radius 1 is 1.23 bits per heavy atom. The third-order valence-electron chi connectivity index (χ3n) is 4.44. The van der Waals surface area contributed by atoms with Gasteiger partial charge in [0, 0.05) is 24.6 Å². The van der Waals surface area contributed by atoms with Crippen LogP contribution in [0.1, 0.15) is 39.5 Å². The monoisotopic (exact) mass is 427 g/mol. The zero-order valence-electron chi connectivity index (χ0n) is 17.0. The molecular formula is C20H24F3N3O4. The van der Waals surface area contributed by atoms with E-state index in [9.17, 15) is 18.0 Å². The molecule has 0 aliphatic carbocycles. The molecule has 0 unspecified atom stereocenters. The number of aromatic nitrogens is 2. The van der Waals surface area contributed by atoms with Crippen LogP contribution in [-0.4, -0.2) is 46.4 Å². The van der Waals surface area contributed by atoms with Gasteiger partial charge in [-0.1, -0.05) is 5.16 Å². The van der Waals surface area contributed by atoms with Crippen LogP contribution in [0.15, 0.2) is 28.8 Å². The number of carbonyl (C=O) groups excluding carboxylic acids is 1. The number of benzene rings is 1. The van der Waals surface area contributed by atoms with E-state index in [0.29, 0.717) is 31.0 Å². The first kappa shape index (κ1) is 21.9. The molecule has 1 aliphatic heterocycles. The van der Waals surface area contributed by atoms with Gasteiger partial charge >= 0.3 is 18.2 Å². The second kappa shape index (κ2) is 8.53. The summed E-state index contributed by atoms with van der Waals surface area (Å²) in [4.78, 5) is 17.3. The smallest absolute Gasteiger partial charge is 0.471 e. The van der Waals surface area contributed by atoms with Crippen LogP contribution in [-0.2, 0) is 10.9 Å². The van der Waals surface area contributed by atoms with Crippen molar-refractivity contribution in [1.29, 1.82) is 0 Å². The highest BCUT2D eigenvalue weighted by molar-refractivity contribution is 5.68. The van der Waals surface area contributed by atoms with Crippen LogP contribution < -0.4 is 4.74 Å². The maximum absolute atomic E-state index is 12.6. The van der Waals surface area contributed by atoms with Crippen molar-refractivity contribution in [3.05, 3.63) is 30.2 Å². The Hall–Kier alpha value is -2.78. The zero-order valence-corrected chi connectivity index (χ0v) is 17.0. The highest BCUT2D eigenvalue weighted by Gasteiger charge is 2.38. The van der Waals surface area contributed by atoms with Crippen LogP contribution in [0, 0.1) is 5.92 Å². The van der Waals surface area contributed by atoms with E-state index in [0.717, 1.165) is 12.8 Å². The topological polar surface area (TPSA) is 77.7 Å². The number of rotatable bonds is 4. The summed E-state index contributed by atoms with van der Waals surface area (Å²) in [7, 11) is 0. The summed E-state index contributed by atoms with van der Waals surface area (Å²) in [5.41, 5.74) is -0.155. The van der Waals surface area contributed by atoms with Gasteiger partial charge in [0.1, 0.15) is 11.4 Å². The van der Waals surface area contributed by atoms with Gasteiger partial charge in [0.15, 0.2) is 0 Å². The van der Waals surface area contributed by atoms with Crippen LogP contribution in [0.2, 0.25) is 0 Å². The molecule has 10 heteroatoms. The fourth-order valence-electron chi connectivity index (χ4n) is 3.06. The van der Waals surface area contributed by atoms with E-state index in [4.69, 9.17) is 9.47 Å². The van der Waals surface area contributed by atoms with Crippen molar-refractivity contribution in [2.75, 3.05) is 19.7 Å². The minimum atomic E-state index is -4.68. The number of nitrogens with zero attached hydrogens (tertiary/aromatic N) is 3. The molecule has 1 atom stereocenters. The van der Waals surface area contributed by atoms with Gasteiger partial charge in [-0.25, -0.2) is 4.79 Å². The van der Waals surface area contributed by atoms with E-state index in [1.807, 2.05) is 20.8 Å². The van der Waals surface area contributed by atoms with Crippen molar-refractivity contribution in [3.8, 4) is 17.1 Å². The largest absolute Gasteiger partial charge is 0.493 e. The van der Waals surface area contributed by atoms with Gasteiger partial charge in [-0.2, -0.15) is 18.2 Å². The highest BCUT2D eigenvalue weighted by Crippen LogP contribution is 2.30. The van der Waals surface area contributed by atoms with Crippen molar-refractivity contribution in [1.82, 2.24) is 15.0 Å². The Bertz CT molecular complexity index is 859. The fraction of sp³-hybridized carbons (Fsp3) is 0.550. The van der Waals surface area contributed by atoms with Crippen LogP contribution in [0.25, 0.3) is 11.4 Å². The number of halogens is 3. The van der Waals surface area contributed by atoms with Gasteiger partial charge in [0.25, 0.3) is 0 Å². The maximum atomic E-state index is 12.6. The molecule has 1 aliphatic rings. The van der Waals surface area contributed by atoms with Gasteiger partial charge in [0.2, 0.25) is 5.82 Å². The third-order valence-corrected chi connectivity index (χ3v) is 4.44. The Morgan fingerprint density at radius 2 is 1.93 bits per heavy atom.